The number of nitrogens with two attached hydrogens (primary N) is 1. The molecule has 2 saturated heterocycles. The maximum atomic E-state index is 13.5. The number of aromatic nitrogens is 2. The highest BCUT2D eigenvalue weighted by Crippen LogP contribution is 2.60. The number of ether oxygens (including phenoxy) is 1. The zero-order valence-electron chi connectivity index (χ0n) is 18.5. The van der Waals surface area contributed by atoms with Gasteiger partial charge in [0.25, 0.3) is 0 Å². The maximum absolute atomic E-state index is 13.5. The molecule has 11 heteroatoms. The van der Waals surface area contributed by atoms with Crippen molar-refractivity contribution in [1.82, 2.24) is 14.9 Å². The predicted octanol–water partition coefficient (Wildman–Crippen LogP) is 5.01. The molecule has 5 rings (SSSR count). The summed E-state index contributed by atoms with van der Waals surface area (Å²) in [6.07, 6.45) is -1.25. The first-order valence-electron chi connectivity index (χ1n) is 11.3. The number of carbonyl (C=O) groups is 1. The van der Waals surface area contributed by atoms with E-state index in [4.69, 9.17) is 22.1 Å². The van der Waals surface area contributed by atoms with E-state index in [1.54, 1.807) is 18.2 Å². The molecule has 0 spiro atoms. The van der Waals surface area contributed by atoms with Crippen LogP contribution in [0.15, 0.2) is 24.5 Å². The van der Waals surface area contributed by atoms with Crippen LogP contribution in [0.1, 0.15) is 44.1 Å². The van der Waals surface area contributed by atoms with Crippen molar-refractivity contribution in [3.8, 4) is 5.88 Å². The van der Waals surface area contributed by atoms with Crippen molar-refractivity contribution in [3.05, 3.63) is 35.1 Å². The average molecular weight is 496 g/mol. The molecule has 182 valence electrons. The zero-order chi connectivity index (χ0) is 24.3. The number of halogens is 4. The van der Waals surface area contributed by atoms with Crippen LogP contribution in [-0.2, 0) is 4.79 Å². The lowest BCUT2D eigenvalue weighted by atomic mass is 9.95. The molecule has 1 aromatic carbocycles. The summed E-state index contributed by atoms with van der Waals surface area (Å²) in [6, 6.07) is 4.61. The first-order valence-corrected chi connectivity index (χ1v) is 11.7. The van der Waals surface area contributed by atoms with E-state index in [1.807, 2.05) is 6.92 Å². The third-order valence-corrected chi connectivity index (χ3v) is 7.50. The number of rotatable bonds is 5. The Kier molecular flexibility index (Phi) is 5.54. The Labute approximate surface area is 199 Å². The smallest absolute Gasteiger partial charge is 0.403 e. The third kappa shape index (κ3) is 3.91. The molecular weight excluding hydrogens is 471 g/mol. The topological polar surface area (TPSA) is 93.4 Å². The van der Waals surface area contributed by atoms with Crippen LogP contribution < -0.4 is 15.8 Å². The minimum atomic E-state index is -4.49. The van der Waals surface area contributed by atoms with E-state index in [2.05, 4.69) is 15.3 Å². The van der Waals surface area contributed by atoms with Crippen LogP contribution in [0.25, 0.3) is 0 Å². The lowest BCUT2D eigenvalue weighted by molar-refractivity contribution is -0.201. The predicted molar refractivity (Wildman–Crippen MR) is 121 cm³/mol. The molecule has 2 aliphatic heterocycles. The molecule has 0 radical (unpaired) electrons. The fourth-order valence-corrected chi connectivity index (χ4v) is 5.38. The Morgan fingerprint density at radius 3 is 2.50 bits per heavy atom. The maximum Gasteiger partial charge on any atom is 0.403 e. The Hall–Kier alpha value is -2.75. The summed E-state index contributed by atoms with van der Waals surface area (Å²) in [7, 11) is 0. The number of nitrogen functional groups attached to an aromatic ring is 1. The summed E-state index contributed by atoms with van der Waals surface area (Å²) in [5.41, 5.74) is 5.42. The zero-order valence-corrected chi connectivity index (χ0v) is 19.3. The van der Waals surface area contributed by atoms with E-state index in [9.17, 15) is 18.0 Å². The molecule has 3 aliphatic rings. The van der Waals surface area contributed by atoms with Gasteiger partial charge in [0.05, 0.1) is 16.3 Å². The van der Waals surface area contributed by atoms with Crippen LogP contribution in [0.2, 0.25) is 5.02 Å². The summed E-state index contributed by atoms with van der Waals surface area (Å²) >= 11 is 6.25. The number of anilines is 3. The van der Waals surface area contributed by atoms with Crippen molar-refractivity contribution in [1.29, 1.82) is 0 Å². The van der Waals surface area contributed by atoms with Crippen LogP contribution in [0.4, 0.5) is 30.4 Å². The normalized spacial score (nSPS) is 25.2. The Morgan fingerprint density at radius 1 is 1.24 bits per heavy atom. The largest absolute Gasteiger partial charge is 0.474 e. The summed E-state index contributed by atoms with van der Waals surface area (Å²) in [5.74, 6) is 0.159. The number of fused-ring (bicyclic) bond motifs is 2. The molecule has 1 amide bonds. The van der Waals surface area contributed by atoms with Gasteiger partial charge in [0.1, 0.15) is 23.7 Å². The van der Waals surface area contributed by atoms with Crippen molar-refractivity contribution in [2.75, 3.05) is 11.1 Å². The SMILES string of the molecule is Cc1c(Nc2ccc(N)cc2Cl)ncnc1OC1CC2CCC(C1)N2C(=O)C1(C(F)(F)F)CC1. The molecule has 1 aliphatic carbocycles. The number of nitrogens with one attached hydrogen (secondary N) is 1. The van der Waals surface area contributed by atoms with Gasteiger partial charge < -0.3 is 20.7 Å². The lowest BCUT2D eigenvalue weighted by Crippen LogP contribution is -2.54. The molecule has 1 aromatic heterocycles. The fourth-order valence-electron chi connectivity index (χ4n) is 5.14. The van der Waals surface area contributed by atoms with Gasteiger partial charge in [-0.2, -0.15) is 13.2 Å². The number of amides is 1. The van der Waals surface area contributed by atoms with Gasteiger partial charge in [0.2, 0.25) is 11.8 Å². The van der Waals surface area contributed by atoms with E-state index in [0.29, 0.717) is 59.3 Å². The van der Waals surface area contributed by atoms with Crippen molar-refractivity contribution < 1.29 is 22.7 Å². The second kappa shape index (κ2) is 8.18. The van der Waals surface area contributed by atoms with Crippen LogP contribution in [0.5, 0.6) is 5.88 Å². The molecule has 7 nitrogen and oxygen atoms in total. The number of benzene rings is 1. The molecule has 2 unspecified atom stereocenters. The first kappa shape index (κ1) is 23.0. The molecule has 2 atom stereocenters. The second-order valence-corrected chi connectivity index (χ2v) is 9.81. The van der Waals surface area contributed by atoms with Gasteiger partial charge in [-0.25, -0.2) is 9.97 Å². The number of piperidine rings is 1. The van der Waals surface area contributed by atoms with Crippen molar-refractivity contribution in [2.24, 2.45) is 5.41 Å². The van der Waals surface area contributed by atoms with Gasteiger partial charge in [-0.15, -0.1) is 0 Å². The van der Waals surface area contributed by atoms with Crippen molar-refractivity contribution in [3.63, 3.8) is 0 Å². The van der Waals surface area contributed by atoms with Crippen LogP contribution in [0.3, 0.4) is 0 Å². The van der Waals surface area contributed by atoms with Gasteiger partial charge in [0.15, 0.2) is 0 Å². The Morgan fingerprint density at radius 2 is 1.91 bits per heavy atom. The van der Waals surface area contributed by atoms with Crippen LogP contribution in [-0.4, -0.2) is 45.1 Å². The summed E-state index contributed by atoms with van der Waals surface area (Å²) < 4.78 is 46.7. The van der Waals surface area contributed by atoms with E-state index < -0.39 is 17.5 Å². The van der Waals surface area contributed by atoms with E-state index >= 15 is 0 Å². The molecule has 34 heavy (non-hydrogen) atoms. The van der Waals surface area contributed by atoms with E-state index in [0.717, 1.165) is 0 Å². The summed E-state index contributed by atoms with van der Waals surface area (Å²) in [6.45, 7) is 1.82. The molecule has 2 bridgehead atoms. The van der Waals surface area contributed by atoms with Gasteiger partial charge in [-0.05, 0) is 50.8 Å². The van der Waals surface area contributed by atoms with Crippen LogP contribution >= 0.6 is 11.6 Å². The second-order valence-electron chi connectivity index (χ2n) is 9.41. The molecule has 3 heterocycles. The standard InChI is InChI=1S/C23H25ClF3N5O2/c1-12-19(31-18-5-2-13(28)8-17(18)24)29-11-30-20(12)34-16-9-14-3-4-15(10-16)32(14)21(33)22(6-7-22)23(25,26)27/h2,5,8,11,14-16H,3-4,6-7,9-10,28H2,1H3,(H,29,30,31). The lowest BCUT2D eigenvalue weighted by Gasteiger charge is -2.41. The number of hydrogen-bond donors (Lipinski definition) is 2. The monoisotopic (exact) mass is 495 g/mol. The van der Waals surface area contributed by atoms with Crippen molar-refractivity contribution >= 4 is 34.7 Å². The van der Waals surface area contributed by atoms with E-state index in [-0.39, 0.29) is 31.0 Å². The molecule has 3 fully saturated rings. The highest BCUT2D eigenvalue weighted by atomic mass is 35.5. The first-order chi connectivity index (χ1) is 16.1. The molecule has 2 aromatic rings. The Balaban J connectivity index is 1.29. The highest BCUT2D eigenvalue weighted by Gasteiger charge is 2.70. The van der Waals surface area contributed by atoms with Crippen LogP contribution in [0, 0.1) is 12.3 Å². The number of alkyl halides is 3. The number of hydrogen-bond acceptors (Lipinski definition) is 6. The molecule has 1 saturated carbocycles. The van der Waals surface area contributed by atoms with Gasteiger partial charge in [0, 0.05) is 30.6 Å². The Bertz CT molecular complexity index is 1110. The minimum Gasteiger partial charge on any atom is -0.474 e. The highest BCUT2D eigenvalue weighted by molar-refractivity contribution is 6.33. The average Bonchev–Trinajstić information content (AvgIpc) is 3.54. The quantitative estimate of drug-likeness (QED) is 0.566. The van der Waals surface area contributed by atoms with E-state index in [1.165, 1.54) is 11.2 Å². The minimum absolute atomic E-state index is 0.112. The number of nitrogens with zero attached hydrogens (tertiary/aromatic N) is 3. The van der Waals surface area contributed by atoms with Gasteiger partial charge >= 0.3 is 6.18 Å². The van der Waals surface area contributed by atoms with Crippen molar-refractivity contribution in [2.45, 2.75) is 69.8 Å². The van der Waals surface area contributed by atoms with Gasteiger partial charge in [-0.1, -0.05) is 11.6 Å². The molecule has 3 N–H and O–H groups in total. The summed E-state index contributed by atoms with van der Waals surface area (Å²) in [4.78, 5) is 22.9. The third-order valence-electron chi connectivity index (χ3n) is 7.19. The van der Waals surface area contributed by atoms with Gasteiger partial charge in [-0.3, -0.25) is 4.79 Å². The molecular formula is C23H25ClF3N5O2. The number of carbonyl (C=O) groups excluding carboxylic acids is 1. The summed E-state index contributed by atoms with van der Waals surface area (Å²) in [5, 5.41) is 3.60. The fraction of sp³-hybridized carbons (Fsp3) is 0.522.